The number of carbonyl (C=O) groups excluding carboxylic acids is 2. The molecule has 0 bridgehead atoms. The quantitative estimate of drug-likeness (QED) is 0.195. The number of para-hydroxylation sites is 1. The third-order valence-electron chi connectivity index (χ3n) is 7.84. The minimum Gasteiger partial charge on any atom is -0.493 e. The zero-order valence-electron chi connectivity index (χ0n) is 25.5. The lowest BCUT2D eigenvalue weighted by Gasteiger charge is -2.39. The fourth-order valence-electron chi connectivity index (χ4n) is 4.89. The van der Waals surface area contributed by atoms with E-state index in [-0.39, 0.29) is 55.0 Å². The Balaban J connectivity index is 0.00000800. The van der Waals surface area contributed by atoms with Crippen LogP contribution in [0.5, 0.6) is 5.75 Å². The molecule has 2 rings (SSSR count). The van der Waals surface area contributed by atoms with Crippen LogP contribution in [0.2, 0.25) is 0 Å². The fourth-order valence-corrected chi connectivity index (χ4v) is 4.89. The number of benzene rings is 1. The number of piperidine rings is 1. The lowest BCUT2D eigenvalue weighted by Crippen LogP contribution is -2.58. The Bertz CT molecular complexity index is 884. The maximum absolute atomic E-state index is 13.0. The summed E-state index contributed by atoms with van der Waals surface area (Å²) in [5.41, 5.74) is 6.24. The second kappa shape index (κ2) is 20.3. The molecule has 0 aromatic heterocycles. The van der Waals surface area contributed by atoms with Crippen molar-refractivity contribution in [2.24, 2.45) is 17.6 Å². The Kier molecular flexibility index (Phi) is 19.5. The van der Waals surface area contributed by atoms with E-state index in [2.05, 4.69) is 29.4 Å². The SMILES string of the molecule is COCCCCOc1ccccc1C(=O)NCC(CC(N)C(O)CNC(=O)C(C)(C)N1CCCCC1)C(C)C.Cl.Cl. The van der Waals surface area contributed by atoms with E-state index in [0.29, 0.717) is 37.5 Å². The molecule has 1 fully saturated rings. The van der Waals surface area contributed by atoms with Crippen molar-refractivity contribution in [2.75, 3.05) is 46.5 Å². The maximum Gasteiger partial charge on any atom is 0.255 e. The van der Waals surface area contributed by atoms with Gasteiger partial charge in [0.05, 0.1) is 23.8 Å². The molecule has 0 saturated carbocycles. The molecule has 1 saturated heterocycles. The number of halogens is 2. The first kappa shape index (κ1) is 39.4. The molecular formula is C30H54Cl2N4O5. The highest BCUT2D eigenvalue weighted by molar-refractivity contribution is 5.96. The number of aliphatic hydroxyl groups excluding tert-OH is 1. The van der Waals surface area contributed by atoms with Crippen molar-refractivity contribution in [1.29, 1.82) is 0 Å². The van der Waals surface area contributed by atoms with Gasteiger partial charge in [0, 0.05) is 32.8 Å². The van der Waals surface area contributed by atoms with Gasteiger partial charge >= 0.3 is 0 Å². The smallest absolute Gasteiger partial charge is 0.255 e. The summed E-state index contributed by atoms with van der Waals surface area (Å²) in [6.07, 6.45) is 4.78. The van der Waals surface area contributed by atoms with Gasteiger partial charge in [0.1, 0.15) is 5.75 Å². The predicted molar refractivity (Wildman–Crippen MR) is 169 cm³/mol. The zero-order valence-corrected chi connectivity index (χ0v) is 27.2. The van der Waals surface area contributed by atoms with Crippen LogP contribution >= 0.6 is 24.8 Å². The predicted octanol–water partition coefficient (Wildman–Crippen LogP) is 3.80. The zero-order chi connectivity index (χ0) is 28.8. The van der Waals surface area contributed by atoms with Crippen LogP contribution in [0.4, 0.5) is 0 Å². The summed E-state index contributed by atoms with van der Waals surface area (Å²) >= 11 is 0. The number of hydrogen-bond acceptors (Lipinski definition) is 7. The molecule has 41 heavy (non-hydrogen) atoms. The highest BCUT2D eigenvalue weighted by Gasteiger charge is 2.35. The van der Waals surface area contributed by atoms with Gasteiger partial charge in [0.15, 0.2) is 0 Å². The number of rotatable bonds is 17. The first-order chi connectivity index (χ1) is 18.6. The van der Waals surface area contributed by atoms with Crippen LogP contribution in [0.15, 0.2) is 24.3 Å². The highest BCUT2D eigenvalue weighted by Crippen LogP contribution is 2.22. The van der Waals surface area contributed by atoms with E-state index < -0.39 is 17.7 Å². The Morgan fingerprint density at radius 2 is 1.66 bits per heavy atom. The van der Waals surface area contributed by atoms with Gasteiger partial charge in [0.25, 0.3) is 5.91 Å². The van der Waals surface area contributed by atoms with E-state index in [0.717, 1.165) is 38.8 Å². The van der Waals surface area contributed by atoms with Crippen molar-refractivity contribution >= 4 is 36.6 Å². The second-order valence-corrected chi connectivity index (χ2v) is 11.5. The normalized spacial score (nSPS) is 16.1. The fraction of sp³-hybridized carbons (Fsp3) is 0.733. The van der Waals surface area contributed by atoms with Gasteiger partial charge in [-0.2, -0.15) is 0 Å². The van der Waals surface area contributed by atoms with Crippen molar-refractivity contribution < 1.29 is 24.2 Å². The molecule has 9 nitrogen and oxygen atoms in total. The molecule has 0 spiro atoms. The number of unbranched alkanes of at least 4 members (excludes halogenated alkanes) is 1. The second-order valence-electron chi connectivity index (χ2n) is 11.5. The molecule has 3 unspecified atom stereocenters. The minimum absolute atomic E-state index is 0. The van der Waals surface area contributed by atoms with Gasteiger partial charge in [-0.05, 0) is 83.0 Å². The van der Waals surface area contributed by atoms with Gasteiger partial charge < -0.3 is 30.9 Å². The standard InChI is InChI=1S/C30H52N4O5.2ClH/c1-22(2)23(20-32-28(36)24-13-7-8-14-27(24)39-18-12-11-17-38-5)19-25(31)26(35)21-33-29(37)30(3,4)34-15-9-6-10-16-34;;/h7-8,13-14,22-23,25-26,35H,6,9-12,15-21,31H2,1-5H3,(H,32,36)(H,33,37);2*1H. The molecule has 1 aliphatic rings. The average molecular weight is 622 g/mol. The Hall–Kier alpha value is -1.62. The summed E-state index contributed by atoms with van der Waals surface area (Å²) < 4.78 is 10.9. The average Bonchev–Trinajstić information content (AvgIpc) is 2.93. The van der Waals surface area contributed by atoms with Gasteiger partial charge in [-0.15, -0.1) is 24.8 Å². The number of hydrogen-bond donors (Lipinski definition) is 4. The van der Waals surface area contributed by atoms with E-state index in [1.807, 2.05) is 26.0 Å². The van der Waals surface area contributed by atoms with Crippen molar-refractivity contribution in [3.8, 4) is 5.75 Å². The number of amides is 2. The number of aliphatic hydroxyl groups is 1. The third-order valence-corrected chi connectivity index (χ3v) is 7.84. The molecular weight excluding hydrogens is 567 g/mol. The molecule has 2 amide bonds. The molecule has 238 valence electrons. The Morgan fingerprint density at radius 1 is 1.02 bits per heavy atom. The number of likely N-dealkylation sites (tertiary alicyclic amines) is 1. The van der Waals surface area contributed by atoms with Crippen LogP contribution in [0, 0.1) is 11.8 Å². The van der Waals surface area contributed by atoms with Gasteiger partial charge in [-0.3, -0.25) is 14.5 Å². The number of carbonyl (C=O) groups is 2. The maximum atomic E-state index is 13.0. The molecule has 0 aliphatic carbocycles. The first-order valence-corrected chi connectivity index (χ1v) is 14.5. The summed E-state index contributed by atoms with van der Waals surface area (Å²) in [6.45, 7) is 11.6. The van der Waals surface area contributed by atoms with Gasteiger partial charge in [-0.1, -0.05) is 32.4 Å². The van der Waals surface area contributed by atoms with Crippen LogP contribution in [-0.2, 0) is 9.53 Å². The number of methoxy groups -OCH3 is 1. The van der Waals surface area contributed by atoms with Crippen molar-refractivity contribution in [3.05, 3.63) is 29.8 Å². The van der Waals surface area contributed by atoms with Crippen LogP contribution in [-0.4, -0.2) is 86.0 Å². The summed E-state index contributed by atoms with van der Waals surface area (Å²) in [5, 5.41) is 16.7. The minimum atomic E-state index is -0.879. The lowest BCUT2D eigenvalue weighted by molar-refractivity contribution is -0.132. The topological polar surface area (TPSA) is 126 Å². The van der Waals surface area contributed by atoms with E-state index >= 15 is 0 Å². The van der Waals surface area contributed by atoms with Crippen LogP contribution in [0.1, 0.15) is 76.6 Å². The molecule has 11 heteroatoms. The molecule has 0 radical (unpaired) electrons. The van der Waals surface area contributed by atoms with Gasteiger partial charge in [-0.25, -0.2) is 0 Å². The summed E-state index contributed by atoms with van der Waals surface area (Å²) in [6, 6.07) is 6.70. The highest BCUT2D eigenvalue weighted by atomic mass is 35.5. The Labute approximate surface area is 259 Å². The van der Waals surface area contributed by atoms with Crippen molar-refractivity contribution in [2.45, 2.75) is 83.9 Å². The van der Waals surface area contributed by atoms with Crippen LogP contribution in [0.3, 0.4) is 0 Å². The van der Waals surface area contributed by atoms with E-state index in [1.165, 1.54) is 6.42 Å². The summed E-state index contributed by atoms with van der Waals surface area (Å²) in [5.74, 6) is 0.561. The van der Waals surface area contributed by atoms with Crippen LogP contribution < -0.4 is 21.1 Å². The van der Waals surface area contributed by atoms with Crippen molar-refractivity contribution in [1.82, 2.24) is 15.5 Å². The van der Waals surface area contributed by atoms with Crippen LogP contribution in [0.25, 0.3) is 0 Å². The monoisotopic (exact) mass is 620 g/mol. The largest absolute Gasteiger partial charge is 0.493 e. The third kappa shape index (κ3) is 13.1. The number of nitrogens with zero attached hydrogens (tertiary/aromatic N) is 1. The van der Waals surface area contributed by atoms with Gasteiger partial charge in [0.2, 0.25) is 5.91 Å². The summed E-state index contributed by atoms with van der Waals surface area (Å²) in [4.78, 5) is 28.1. The lowest BCUT2D eigenvalue weighted by atomic mass is 9.87. The molecule has 1 aromatic rings. The Morgan fingerprint density at radius 3 is 2.29 bits per heavy atom. The number of ether oxygens (including phenoxy) is 2. The molecule has 5 N–H and O–H groups in total. The molecule has 3 atom stereocenters. The number of nitrogens with one attached hydrogen (secondary N) is 2. The van der Waals surface area contributed by atoms with E-state index in [4.69, 9.17) is 15.2 Å². The molecule has 1 heterocycles. The molecule has 1 aliphatic heterocycles. The van der Waals surface area contributed by atoms with Crippen molar-refractivity contribution in [3.63, 3.8) is 0 Å². The number of nitrogens with two attached hydrogens (primary N) is 1. The first-order valence-electron chi connectivity index (χ1n) is 14.5. The molecule has 1 aromatic carbocycles. The van der Waals surface area contributed by atoms with E-state index in [1.54, 1.807) is 19.2 Å². The summed E-state index contributed by atoms with van der Waals surface area (Å²) in [7, 11) is 1.67. The van der Waals surface area contributed by atoms with E-state index in [9.17, 15) is 14.7 Å².